The molecule has 234 valence electrons. The summed E-state index contributed by atoms with van der Waals surface area (Å²) in [6, 6.07) is 4.63. The number of thiol groups is 1. The molecular weight excluding hydrogens is 574 g/mol. The molecule has 2 aromatic rings. The smallest absolute Gasteiger partial charge is 0.342 e. The van der Waals surface area contributed by atoms with Crippen LogP contribution >= 0.6 is 12.6 Å². The number of hydrogen-bond acceptors (Lipinski definition) is 10. The molecule has 1 aliphatic rings. The van der Waals surface area contributed by atoms with Crippen molar-refractivity contribution in [3.8, 4) is 28.7 Å². The van der Waals surface area contributed by atoms with Crippen molar-refractivity contribution < 1.29 is 43.5 Å². The van der Waals surface area contributed by atoms with E-state index in [-0.39, 0.29) is 40.6 Å². The number of Topliss-reactive ketones (excluding diaryl/α,β-unsaturated/α-hetero) is 1. The van der Waals surface area contributed by atoms with Crippen molar-refractivity contribution in [1.82, 2.24) is 5.32 Å². The Bertz CT molecular complexity index is 1320. The molecule has 2 atom stereocenters. The van der Waals surface area contributed by atoms with Crippen LogP contribution in [0.25, 0.3) is 6.08 Å². The molecule has 0 aromatic heterocycles. The first-order chi connectivity index (χ1) is 20.6. The summed E-state index contributed by atoms with van der Waals surface area (Å²) in [4.78, 5) is 38.7. The Morgan fingerprint density at radius 3 is 2.37 bits per heavy atom. The number of carbonyl (C=O) groups is 3. The second-order valence-corrected chi connectivity index (χ2v) is 10.8. The molecule has 0 radical (unpaired) electrons. The summed E-state index contributed by atoms with van der Waals surface area (Å²) in [5, 5.41) is 25.8. The number of cyclic esters (lactones) is 1. The Labute approximate surface area is 257 Å². The van der Waals surface area contributed by atoms with E-state index < -0.39 is 23.7 Å². The van der Waals surface area contributed by atoms with E-state index in [4.69, 9.17) is 18.9 Å². The normalized spacial score (nSPS) is 16.8. The Morgan fingerprint density at radius 1 is 1.07 bits per heavy atom. The van der Waals surface area contributed by atoms with Crippen LogP contribution in [-0.4, -0.2) is 67.6 Å². The number of nitrogens with one attached hydrogen (secondary N) is 1. The first-order valence-electron chi connectivity index (χ1n) is 14.3. The zero-order valence-corrected chi connectivity index (χ0v) is 26.0. The third-order valence-corrected chi connectivity index (χ3v) is 7.54. The van der Waals surface area contributed by atoms with E-state index in [1.165, 1.54) is 27.4 Å². The maximum absolute atomic E-state index is 13.5. The van der Waals surface area contributed by atoms with Gasteiger partial charge < -0.3 is 34.5 Å². The molecular formula is C32H41NO9S. The molecule has 3 N–H and O–H groups in total. The number of phenolic OH excluding ortho intramolecular Hbond substituents is 2. The van der Waals surface area contributed by atoms with Gasteiger partial charge in [-0.15, -0.1) is 0 Å². The van der Waals surface area contributed by atoms with Crippen molar-refractivity contribution in [2.45, 2.75) is 63.9 Å². The molecule has 0 aliphatic carbocycles. The van der Waals surface area contributed by atoms with Gasteiger partial charge in [0.1, 0.15) is 22.8 Å². The van der Waals surface area contributed by atoms with Crippen LogP contribution in [0.5, 0.6) is 28.7 Å². The number of benzene rings is 2. The molecule has 3 rings (SSSR count). The van der Waals surface area contributed by atoms with Gasteiger partial charge >= 0.3 is 5.97 Å². The number of rotatable bonds is 9. The average Bonchev–Trinajstić information content (AvgIpc) is 2.97. The molecule has 11 heteroatoms. The quantitative estimate of drug-likeness (QED) is 0.222. The fourth-order valence-electron chi connectivity index (χ4n) is 5.16. The summed E-state index contributed by atoms with van der Waals surface area (Å²) in [7, 11) is 4.37. The minimum atomic E-state index is -0.938. The second kappa shape index (κ2) is 16.1. The van der Waals surface area contributed by atoms with Gasteiger partial charge in [-0.2, -0.15) is 12.6 Å². The van der Waals surface area contributed by atoms with Crippen molar-refractivity contribution in [3.63, 3.8) is 0 Å². The minimum Gasteiger partial charge on any atom is -0.507 e. The first kappa shape index (κ1) is 33.6. The number of allylic oxidation sites excluding steroid dienone is 1. The fraction of sp³-hybridized carbons (Fsp3) is 0.469. The number of fused-ring (bicyclic) bond motifs is 1. The Balaban J connectivity index is 2.23. The minimum absolute atomic E-state index is 0.0289. The van der Waals surface area contributed by atoms with Crippen molar-refractivity contribution in [1.29, 1.82) is 0 Å². The van der Waals surface area contributed by atoms with E-state index in [0.717, 1.165) is 0 Å². The standard InChI is InChI=1S/C32H41NO9S/c1-19-9-8-12-22(34)11-7-5-6-10-20-15-24(35)29(30(37)28(20)32(38)42-19)23(18-27(36)33-13-14-43)21-16-25(39-2)31(41-4)26(17-21)40-3/h6,10,15-17,19,23,35,37,43H,5,7-9,11-14,18H2,1-4H3,(H,33,36). The van der Waals surface area contributed by atoms with Gasteiger partial charge in [-0.05, 0) is 61.9 Å². The van der Waals surface area contributed by atoms with Gasteiger partial charge in [0.15, 0.2) is 11.5 Å². The van der Waals surface area contributed by atoms with Gasteiger partial charge in [0, 0.05) is 43.0 Å². The first-order valence-corrected chi connectivity index (χ1v) is 14.9. The monoisotopic (exact) mass is 615 g/mol. The van der Waals surface area contributed by atoms with E-state index >= 15 is 0 Å². The lowest BCUT2D eigenvalue weighted by Gasteiger charge is -2.24. The molecule has 1 heterocycles. The number of esters is 1. The van der Waals surface area contributed by atoms with Gasteiger partial charge in [-0.3, -0.25) is 9.59 Å². The summed E-state index contributed by atoms with van der Waals surface area (Å²) < 4.78 is 22.2. The third kappa shape index (κ3) is 8.59. The SMILES string of the molecule is COc1cc(C(CC(=O)NCCS)c2c(O)cc3c(c2O)C(=O)OC(C)CCCC(=O)CCCC=C3)cc(OC)c1OC. The maximum Gasteiger partial charge on any atom is 0.342 e. The molecule has 2 aromatic carbocycles. The summed E-state index contributed by atoms with van der Waals surface area (Å²) >= 11 is 4.15. The zero-order valence-electron chi connectivity index (χ0n) is 25.1. The van der Waals surface area contributed by atoms with Crippen LogP contribution in [0.1, 0.15) is 84.8 Å². The molecule has 1 aliphatic heterocycles. The number of ether oxygens (including phenoxy) is 4. The van der Waals surface area contributed by atoms with E-state index in [1.54, 1.807) is 31.2 Å². The summed E-state index contributed by atoms with van der Waals surface area (Å²) in [5.74, 6) is -1.37. The van der Waals surface area contributed by atoms with E-state index in [9.17, 15) is 24.6 Å². The number of amides is 1. The van der Waals surface area contributed by atoms with Gasteiger partial charge in [-0.25, -0.2) is 4.79 Å². The number of carbonyl (C=O) groups excluding carboxylic acids is 3. The van der Waals surface area contributed by atoms with Gasteiger partial charge in [-0.1, -0.05) is 12.2 Å². The molecule has 10 nitrogen and oxygen atoms in total. The highest BCUT2D eigenvalue weighted by Gasteiger charge is 2.32. The lowest BCUT2D eigenvalue weighted by Crippen LogP contribution is -2.27. The predicted molar refractivity (Wildman–Crippen MR) is 166 cm³/mol. The maximum atomic E-state index is 13.5. The second-order valence-electron chi connectivity index (χ2n) is 10.4. The lowest BCUT2D eigenvalue weighted by molar-refractivity contribution is -0.121. The molecule has 2 unspecified atom stereocenters. The van der Waals surface area contributed by atoms with Crippen LogP contribution in [0.3, 0.4) is 0 Å². The van der Waals surface area contributed by atoms with Gasteiger partial charge in [0.2, 0.25) is 11.7 Å². The van der Waals surface area contributed by atoms with E-state index in [2.05, 4.69) is 17.9 Å². The van der Waals surface area contributed by atoms with E-state index in [1.807, 2.05) is 0 Å². The number of hydrogen-bond donors (Lipinski definition) is 4. The van der Waals surface area contributed by atoms with Crippen molar-refractivity contribution >= 4 is 36.4 Å². The van der Waals surface area contributed by atoms with E-state index in [0.29, 0.717) is 73.6 Å². The van der Waals surface area contributed by atoms with Crippen molar-refractivity contribution in [3.05, 3.63) is 46.5 Å². The Hall–Kier alpha value is -3.86. The topological polar surface area (TPSA) is 141 Å². The predicted octanol–water partition coefficient (Wildman–Crippen LogP) is 5.17. The lowest BCUT2D eigenvalue weighted by atomic mass is 9.84. The molecule has 0 saturated heterocycles. The number of phenols is 2. The number of methoxy groups -OCH3 is 3. The van der Waals surface area contributed by atoms with Crippen LogP contribution in [-0.2, 0) is 14.3 Å². The fourth-order valence-corrected chi connectivity index (χ4v) is 5.27. The summed E-state index contributed by atoms with van der Waals surface area (Å²) in [5.41, 5.74) is 0.558. The summed E-state index contributed by atoms with van der Waals surface area (Å²) in [6.45, 7) is 2.04. The highest BCUT2D eigenvalue weighted by atomic mass is 32.1. The highest BCUT2D eigenvalue weighted by Crippen LogP contribution is 2.47. The zero-order chi connectivity index (χ0) is 31.5. The molecule has 0 bridgehead atoms. The van der Waals surface area contributed by atoms with Gasteiger partial charge in [0.05, 0.1) is 27.4 Å². The van der Waals surface area contributed by atoms with Crippen molar-refractivity contribution in [2.24, 2.45) is 0 Å². The molecule has 1 amide bonds. The average molecular weight is 616 g/mol. The summed E-state index contributed by atoms with van der Waals surface area (Å²) in [6.07, 6.45) is 5.83. The molecule has 43 heavy (non-hydrogen) atoms. The number of aromatic hydroxyl groups is 2. The van der Waals surface area contributed by atoms with Crippen LogP contribution in [0, 0.1) is 0 Å². The molecule has 0 spiro atoms. The number of ketones is 1. The van der Waals surface area contributed by atoms with Crippen LogP contribution in [0.2, 0.25) is 0 Å². The van der Waals surface area contributed by atoms with Crippen LogP contribution < -0.4 is 19.5 Å². The highest BCUT2D eigenvalue weighted by molar-refractivity contribution is 7.80. The van der Waals surface area contributed by atoms with Gasteiger partial charge in [0.25, 0.3) is 0 Å². The van der Waals surface area contributed by atoms with Crippen molar-refractivity contribution in [2.75, 3.05) is 33.6 Å². The Kier molecular flexibility index (Phi) is 12.6. The van der Waals surface area contributed by atoms with Crippen LogP contribution in [0.4, 0.5) is 0 Å². The molecule has 0 saturated carbocycles. The third-order valence-electron chi connectivity index (χ3n) is 7.31. The Morgan fingerprint density at radius 2 is 1.74 bits per heavy atom. The largest absolute Gasteiger partial charge is 0.507 e. The van der Waals surface area contributed by atoms with Crippen LogP contribution in [0.15, 0.2) is 24.3 Å². The molecule has 0 fully saturated rings.